The second-order valence-corrected chi connectivity index (χ2v) is 5.69. The molecule has 0 aliphatic carbocycles. The summed E-state index contributed by atoms with van der Waals surface area (Å²) in [6.07, 6.45) is 1.46. The van der Waals surface area contributed by atoms with Crippen molar-refractivity contribution in [1.29, 1.82) is 0 Å². The molecule has 2 rings (SSSR count). The van der Waals surface area contributed by atoms with E-state index in [0.29, 0.717) is 16.4 Å². The van der Waals surface area contributed by atoms with E-state index in [2.05, 4.69) is 14.7 Å². The second kappa shape index (κ2) is 6.03. The van der Waals surface area contributed by atoms with Crippen molar-refractivity contribution in [3.63, 3.8) is 0 Å². The number of carbonyl (C=O) groups excluding carboxylic acids is 1. The van der Waals surface area contributed by atoms with Crippen LogP contribution in [0.15, 0.2) is 28.9 Å². The number of carbonyl (C=O) groups is 1. The highest BCUT2D eigenvalue weighted by Gasteiger charge is 2.08. The molecule has 5 nitrogen and oxygen atoms in total. The highest BCUT2D eigenvalue weighted by molar-refractivity contribution is 8.01. The maximum atomic E-state index is 11.7. The fourth-order valence-electron chi connectivity index (χ4n) is 1.17. The number of benzene rings is 1. The third kappa shape index (κ3) is 3.59. The maximum Gasteiger partial charge on any atom is 0.234 e. The number of rotatable bonds is 4. The van der Waals surface area contributed by atoms with Gasteiger partial charge in [0.15, 0.2) is 4.34 Å². The van der Waals surface area contributed by atoms with Gasteiger partial charge in [0, 0.05) is 5.69 Å². The average molecular weight is 301 g/mol. The lowest BCUT2D eigenvalue weighted by Crippen LogP contribution is -2.14. The lowest BCUT2D eigenvalue weighted by molar-refractivity contribution is -0.113. The van der Waals surface area contributed by atoms with Crippen molar-refractivity contribution >= 4 is 52.2 Å². The second-order valence-electron chi connectivity index (χ2n) is 3.28. The van der Waals surface area contributed by atoms with Crippen molar-refractivity contribution in [2.75, 3.05) is 16.8 Å². The van der Waals surface area contributed by atoms with Gasteiger partial charge in [-0.1, -0.05) is 23.4 Å². The summed E-state index contributed by atoms with van der Waals surface area (Å²) in [5.41, 5.74) is 6.67. The molecule has 1 aromatic carbocycles. The Balaban J connectivity index is 1.91. The summed E-state index contributed by atoms with van der Waals surface area (Å²) in [4.78, 5) is 15.7. The van der Waals surface area contributed by atoms with Crippen LogP contribution in [0.4, 0.5) is 11.4 Å². The van der Waals surface area contributed by atoms with Gasteiger partial charge in [-0.25, -0.2) is 4.98 Å². The fourth-order valence-corrected chi connectivity index (χ4v) is 2.65. The molecule has 3 N–H and O–H groups in total. The van der Waals surface area contributed by atoms with Crippen molar-refractivity contribution in [3.05, 3.63) is 29.5 Å². The first-order valence-corrected chi connectivity index (χ1v) is 7.03. The van der Waals surface area contributed by atoms with E-state index in [9.17, 15) is 4.79 Å². The Kier molecular flexibility index (Phi) is 4.40. The van der Waals surface area contributed by atoms with Crippen molar-refractivity contribution < 1.29 is 4.79 Å². The van der Waals surface area contributed by atoms with E-state index in [1.165, 1.54) is 29.6 Å². The van der Waals surface area contributed by atoms with E-state index >= 15 is 0 Å². The third-order valence-corrected chi connectivity index (χ3v) is 4.05. The van der Waals surface area contributed by atoms with E-state index in [0.717, 1.165) is 4.34 Å². The van der Waals surface area contributed by atoms with E-state index < -0.39 is 0 Å². The van der Waals surface area contributed by atoms with Gasteiger partial charge >= 0.3 is 0 Å². The topological polar surface area (TPSA) is 80.9 Å². The molecular formula is C10H9ClN4OS2. The normalized spacial score (nSPS) is 10.3. The first-order chi connectivity index (χ1) is 8.65. The number of hydrogen-bond acceptors (Lipinski definition) is 6. The molecule has 1 amide bonds. The number of nitrogens with one attached hydrogen (secondary N) is 1. The van der Waals surface area contributed by atoms with Crippen LogP contribution in [0, 0.1) is 0 Å². The summed E-state index contributed by atoms with van der Waals surface area (Å²) in [7, 11) is 0. The van der Waals surface area contributed by atoms with Gasteiger partial charge in [0.2, 0.25) is 5.91 Å². The van der Waals surface area contributed by atoms with Crippen molar-refractivity contribution in [3.8, 4) is 0 Å². The van der Waals surface area contributed by atoms with Gasteiger partial charge < -0.3 is 11.1 Å². The molecule has 0 saturated heterocycles. The minimum absolute atomic E-state index is 0.151. The Bertz CT molecular complexity index is 547. The molecule has 2 aromatic rings. The lowest BCUT2D eigenvalue weighted by atomic mass is 10.3. The Morgan fingerprint density at radius 2 is 2.39 bits per heavy atom. The van der Waals surface area contributed by atoms with Crippen molar-refractivity contribution in [1.82, 2.24) is 9.36 Å². The van der Waals surface area contributed by atoms with Crippen LogP contribution in [-0.4, -0.2) is 21.0 Å². The largest absolute Gasteiger partial charge is 0.399 e. The minimum atomic E-state index is -0.151. The molecule has 0 aliphatic rings. The maximum absolute atomic E-state index is 11.7. The predicted octanol–water partition coefficient (Wildman–Crippen LogP) is 2.50. The summed E-state index contributed by atoms with van der Waals surface area (Å²) in [5.74, 6) is 0.109. The molecule has 94 valence electrons. The van der Waals surface area contributed by atoms with Gasteiger partial charge in [-0.3, -0.25) is 4.79 Å². The number of nitrogens with zero attached hydrogens (tertiary/aromatic N) is 2. The van der Waals surface area contributed by atoms with Crippen LogP contribution in [0.5, 0.6) is 0 Å². The van der Waals surface area contributed by atoms with Gasteiger partial charge in [0.25, 0.3) is 0 Å². The van der Waals surface area contributed by atoms with Crippen LogP contribution in [0.1, 0.15) is 0 Å². The Labute approximate surface area is 117 Å². The monoisotopic (exact) mass is 300 g/mol. The summed E-state index contributed by atoms with van der Waals surface area (Å²) in [5, 5.41) is 3.13. The number of anilines is 2. The van der Waals surface area contributed by atoms with E-state index in [1.54, 1.807) is 18.2 Å². The molecule has 1 heterocycles. The average Bonchev–Trinajstić information content (AvgIpc) is 2.83. The molecule has 0 spiro atoms. The van der Waals surface area contributed by atoms with E-state index in [1.807, 2.05) is 0 Å². The Morgan fingerprint density at radius 1 is 1.56 bits per heavy atom. The summed E-state index contributed by atoms with van der Waals surface area (Å²) < 4.78 is 4.61. The molecule has 0 unspecified atom stereocenters. The molecule has 0 atom stereocenters. The molecule has 0 radical (unpaired) electrons. The van der Waals surface area contributed by atoms with E-state index in [-0.39, 0.29) is 11.7 Å². The predicted molar refractivity (Wildman–Crippen MR) is 75.1 cm³/mol. The molecule has 1 aromatic heterocycles. The number of thioether (sulfide) groups is 1. The molecule has 18 heavy (non-hydrogen) atoms. The minimum Gasteiger partial charge on any atom is -0.399 e. The number of nitrogens with two attached hydrogens (primary N) is 1. The Hall–Kier alpha value is -1.31. The quantitative estimate of drug-likeness (QED) is 0.670. The van der Waals surface area contributed by atoms with Crippen molar-refractivity contribution in [2.24, 2.45) is 0 Å². The smallest absolute Gasteiger partial charge is 0.234 e. The van der Waals surface area contributed by atoms with Crippen LogP contribution < -0.4 is 11.1 Å². The van der Waals surface area contributed by atoms with Gasteiger partial charge in [0.1, 0.15) is 6.33 Å². The summed E-state index contributed by atoms with van der Waals surface area (Å²) in [6, 6.07) is 4.94. The van der Waals surface area contributed by atoms with Gasteiger partial charge in [-0.2, -0.15) is 4.37 Å². The molecule has 8 heteroatoms. The molecule has 0 fully saturated rings. The zero-order valence-electron chi connectivity index (χ0n) is 9.09. The standard InChI is InChI=1S/C10H9ClN4OS2/c11-7-3-6(12)1-2-8(7)15-9(16)4-17-10-13-5-14-18-10/h1-3,5H,4,12H2,(H,15,16). The zero-order chi connectivity index (χ0) is 13.0. The first kappa shape index (κ1) is 13.1. The summed E-state index contributed by atoms with van der Waals surface area (Å²) in [6.45, 7) is 0. The SMILES string of the molecule is Nc1ccc(NC(=O)CSc2ncns2)c(Cl)c1. The van der Waals surface area contributed by atoms with Crippen LogP contribution in [0.2, 0.25) is 5.02 Å². The zero-order valence-corrected chi connectivity index (χ0v) is 11.5. The number of amides is 1. The van der Waals surface area contributed by atoms with Gasteiger partial charge in [-0.15, -0.1) is 0 Å². The molecule has 0 saturated carbocycles. The third-order valence-electron chi connectivity index (χ3n) is 1.94. The van der Waals surface area contributed by atoms with Crippen LogP contribution in [0.25, 0.3) is 0 Å². The fraction of sp³-hybridized carbons (Fsp3) is 0.100. The molecule has 0 bridgehead atoms. The summed E-state index contributed by atoms with van der Waals surface area (Å²) >= 11 is 8.54. The van der Waals surface area contributed by atoms with Crippen LogP contribution in [-0.2, 0) is 4.79 Å². The van der Waals surface area contributed by atoms with Crippen molar-refractivity contribution in [2.45, 2.75) is 4.34 Å². The molecular weight excluding hydrogens is 292 g/mol. The first-order valence-electron chi connectivity index (χ1n) is 4.89. The van der Waals surface area contributed by atoms with Gasteiger partial charge in [-0.05, 0) is 29.7 Å². The van der Waals surface area contributed by atoms with Crippen LogP contribution in [0.3, 0.4) is 0 Å². The number of halogens is 1. The highest BCUT2D eigenvalue weighted by atomic mass is 35.5. The van der Waals surface area contributed by atoms with Gasteiger partial charge in [0.05, 0.1) is 16.5 Å². The Morgan fingerprint density at radius 3 is 3.06 bits per heavy atom. The van der Waals surface area contributed by atoms with E-state index in [4.69, 9.17) is 17.3 Å². The number of aromatic nitrogens is 2. The lowest BCUT2D eigenvalue weighted by Gasteiger charge is -2.06. The number of nitrogen functional groups attached to an aromatic ring is 1. The highest BCUT2D eigenvalue weighted by Crippen LogP contribution is 2.25. The van der Waals surface area contributed by atoms with Crippen LogP contribution >= 0.6 is 34.9 Å². The number of hydrogen-bond donors (Lipinski definition) is 2. The molecule has 0 aliphatic heterocycles.